The summed E-state index contributed by atoms with van der Waals surface area (Å²) in [6.07, 6.45) is -6.56. The standard InChI is InChI=1S/C17H16F3NO4S/c18-17(19,20)10-3-1-9(2-4-10)12-6-5-11(7-21-12)25-16-15(24)14(23)13(22)8-26-16/h1-7,13-16,22-24H,8H2/t13-,14+,15-,16+/m1/s1. The minimum absolute atomic E-state index is 0.222. The largest absolute Gasteiger partial charge is 0.475 e. The Morgan fingerprint density at radius 1 is 1.00 bits per heavy atom. The number of aliphatic hydroxyl groups excluding tert-OH is 3. The zero-order valence-corrected chi connectivity index (χ0v) is 14.1. The maximum Gasteiger partial charge on any atom is 0.416 e. The Hall–Kier alpha value is -1.81. The number of pyridine rings is 1. The van der Waals surface area contributed by atoms with Crippen LogP contribution in [-0.2, 0) is 6.18 Å². The summed E-state index contributed by atoms with van der Waals surface area (Å²) in [5.74, 6) is 0.556. The molecular formula is C17H16F3NO4S. The van der Waals surface area contributed by atoms with Crippen LogP contribution in [0.5, 0.6) is 5.75 Å². The maximum atomic E-state index is 12.6. The fraction of sp³-hybridized carbons (Fsp3) is 0.353. The molecular weight excluding hydrogens is 371 g/mol. The molecule has 0 radical (unpaired) electrons. The van der Waals surface area contributed by atoms with Crippen molar-refractivity contribution in [1.82, 2.24) is 4.98 Å². The molecule has 0 amide bonds. The van der Waals surface area contributed by atoms with Crippen molar-refractivity contribution in [2.24, 2.45) is 0 Å². The summed E-state index contributed by atoms with van der Waals surface area (Å²) >= 11 is 1.17. The van der Waals surface area contributed by atoms with Crippen LogP contribution in [0.1, 0.15) is 5.56 Å². The third-order valence-electron chi connectivity index (χ3n) is 3.95. The molecule has 140 valence electrons. The molecule has 1 fully saturated rings. The molecule has 4 atom stereocenters. The van der Waals surface area contributed by atoms with Crippen molar-refractivity contribution >= 4 is 11.8 Å². The molecule has 0 spiro atoms. The van der Waals surface area contributed by atoms with Crippen LogP contribution in [-0.4, -0.2) is 49.8 Å². The Morgan fingerprint density at radius 2 is 1.69 bits per heavy atom. The first-order chi connectivity index (χ1) is 12.3. The Labute approximate surface area is 151 Å². The smallest absolute Gasteiger partial charge is 0.416 e. The number of rotatable bonds is 3. The summed E-state index contributed by atoms with van der Waals surface area (Å²) in [7, 11) is 0. The second-order valence-corrected chi connectivity index (χ2v) is 6.95. The number of thioether (sulfide) groups is 1. The first-order valence-electron chi connectivity index (χ1n) is 7.72. The molecule has 3 N–H and O–H groups in total. The second-order valence-electron chi connectivity index (χ2n) is 5.82. The summed E-state index contributed by atoms with van der Waals surface area (Å²) < 4.78 is 43.4. The predicted octanol–water partition coefficient (Wildman–Crippen LogP) is 2.30. The molecule has 2 heterocycles. The van der Waals surface area contributed by atoms with Crippen LogP contribution in [0.25, 0.3) is 11.3 Å². The summed E-state index contributed by atoms with van der Waals surface area (Å²) in [5.41, 5.74) is -0.495. The highest BCUT2D eigenvalue weighted by Crippen LogP contribution is 2.32. The lowest BCUT2D eigenvalue weighted by Gasteiger charge is -2.34. The highest BCUT2D eigenvalue weighted by molar-refractivity contribution is 7.99. The Balaban J connectivity index is 1.69. The van der Waals surface area contributed by atoms with Crippen molar-refractivity contribution in [1.29, 1.82) is 0 Å². The van der Waals surface area contributed by atoms with Gasteiger partial charge < -0.3 is 20.1 Å². The highest BCUT2D eigenvalue weighted by Gasteiger charge is 2.38. The molecule has 0 bridgehead atoms. The third kappa shape index (κ3) is 4.12. The number of hydrogen-bond acceptors (Lipinski definition) is 6. The number of ether oxygens (including phenoxy) is 1. The van der Waals surface area contributed by atoms with E-state index in [0.717, 1.165) is 12.1 Å². The molecule has 1 aromatic heterocycles. The van der Waals surface area contributed by atoms with Gasteiger partial charge in [-0.05, 0) is 24.3 Å². The summed E-state index contributed by atoms with van der Waals surface area (Å²) in [5, 5.41) is 29.1. The van der Waals surface area contributed by atoms with Crippen LogP contribution in [0.15, 0.2) is 42.6 Å². The Kier molecular flexibility index (Phi) is 5.42. The van der Waals surface area contributed by atoms with E-state index in [2.05, 4.69) is 4.98 Å². The van der Waals surface area contributed by atoms with Gasteiger partial charge in [-0.15, -0.1) is 11.8 Å². The Morgan fingerprint density at radius 3 is 2.27 bits per heavy atom. The lowest BCUT2D eigenvalue weighted by molar-refractivity contribution is -0.137. The van der Waals surface area contributed by atoms with E-state index in [1.54, 1.807) is 12.1 Å². The molecule has 1 aromatic carbocycles. The van der Waals surface area contributed by atoms with Crippen LogP contribution in [0.3, 0.4) is 0 Å². The number of hydrogen-bond donors (Lipinski definition) is 3. The van der Waals surface area contributed by atoms with Crippen molar-refractivity contribution < 1.29 is 33.2 Å². The van der Waals surface area contributed by atoms with E-state index >= 15 is 0 Å². The van der Waals surface area contributed by atoms with E-state index in [1.165, 1.54) is 30.1 Å². The first-order valence-corrected chi connectivity index (χ1v) is 8.77. The van der Waals surface area contributed by atoms with Gasteiger partial charge in [0.15, 0.2) is 5.44 Å². The zero-order valence-electron chi connectivity index (χ0n) is 13.3. The minimum atomic E-state index is -4.39. The van der Waals surface area contributed by atoms with Gasteiger partial charge in [-0.1, -0.05) is 12.1 Å². The number of nitrogens with zero attached hydrogens (tertiary/aromatic N) is 1. The van der Waals surface area contributed by atoms with Crippen LogP contribution in [0, 0.1) is 0 Å². The van der Waals surface area contributed by atoms with Gasteiger partial charge in [0.1, 0.15) is 18.0 Å². The SMILES string of the molecule is O[C@@H]1[C@@H](O)[C@@H](Oc2ccc(-c3ccc(C(F)(F)F)cc3)nc2)SC[C@H]1O. The van der Waals surface area contributed by atoms with Gasteiger partial charge in [0.25, 0.3) is 0 Å². The number of alkyl halides is 3. The highest BCUT2D eigenvalue weighted by atomic mass is 32.2. The predicted molar refractivity (Wildman–Crippen MR) is 89.6 cm³/mol. The van der Waals surface area contributed by atoms with Crippen LogP contribution in [0.2, 0.25) is 0 Å². The molecule has 1 aliphatic heterocycles. The van der Waals surface area contributed by atoms with E-state index < -0.39 is 35.5 Å². The van der Waals surface area contributed by atoms with Gasteiger partial charge in [0.2, 0.25) is 0 Å². The normalized spacial score (nSPS) is 26.5. The first kappa shape index (κ1) is 19.0. The molecule has 0 aliphatic carbocycles. The zero-order chi connectivity index (χ0) is 18.9. The fourth-order valence-electron chi connectivity index (χ4n) is 2.47. The van der Waals surface area contributed by atoms with Crippen molar-refractivity contribution in [2.75, 3.05) is 5.75 Å². The molecule has 9 heteroatoms. The van der Waals surface area contributed by atoms with E-state index in [-0.39, 0.29) is 5.75 Å². The molecule has 1 saturated heterocycles. The van der Waals surface area contributed by atoms with Gasteiger partial charge in [0.05, 0.1) is 23.6 Å². The average molecular weight is 387 g/mol. The van der Waals surface area contributed by atoms with Gasteiger partial charge in [-0.3, -0.25) is 4.98 Å². The molecule has 0 saturated carbocycles. The third-order valence-corrected chi connectivity index (χ3v) is 5.19. The maximum absolute atomic E-state index is 12.6. The van der Waals surface area contributed by atoms with Crippen LogP contribution < -0.4 is 4.74 Å². The van der Waals surface area contributed by atoms with Crippen molar-refractivity contribution in [3.8, 4) is 17.0 Å². The topological polar surface area (TPSA) is 82.8 Å². The molecule has 26 heavy (non-hydrogen) atoms. The number of aromatic nitrogens is 1. The average Bonchev–Trinajstić information content (AvgIpc) is 2.62. The van der Waals surface area contributed by atoms with Gasteiger partial charge in [-0.25, -0.2) is 0 Å². The lowest BCUT2D eigenvalue weighted by atomic mass is 10.1. The second kappa shape index (κ2) is 7.43. The quantitative estimate of drug-likeness (QED) is 0.750. The molecule has 2 aromatic rings. The van der Waals surface area contributed by atoms with Crippen molar-refractivity contribution in [3.63, 3.8) is 0 Å². The monoisotopic (exact) mass is 387 g/mol. The van der Waals surface area contributed by atoms with E-state index in [4.69, 9.17) is 4.74 Å². The molecule has 1 aliphatic rings. The van der Waals surface area contributed by atoms with Crippen molar-refractivity contribution in [2.45, 2.75) is 29.9 Å². The van der Waals surface area contributed by atoms with E-state index in [0.29, 0.717) is 17.0 Å². The van der Waals surface area contributed by atoms with Gasteiger partial charge in [0, 0.05) is 11.3 Å². The minimum Gasteiger partial charge on any atom is -0.475 e. The summed E-state index contributed by atoms with van der Waals surface area (Å²) in [4.78, 5) is 4.16. The van der Waals surface area contributed by atoms with E-state index in [1.807, 2.05) is 0 Å². The fourth-order valence-corrected chi connectivity index (χ4v) is 3.59. The van der Waals surface area contributed by atoms with Crippen LogP contribution >= 0.6 is 11.8 Å². The van der Waals surface area contributed by atoms with Gasteiger partial charge >= 0.3 is 6.18 Å². The number of aliphatic hydroxyl groups is 3. The molecule has 5 nitrogen and oxygen atoms in total. The molecule has 0 unspecified atom stereocenters. The number of halogens is 3. The molecule has 3 rings (SSSR count). The van der Waals surface area contributed by atoms with Gasteiger partial charge in [-0.2, -0.15) is 13.2 Å². The van der Waals surface area contributed by atoms with E-state index in [9.17, 15) is 28.5 Å². The summed E-state index contributed by atoms with van der Waals surface area (Å²) in [6.45, 7) is 0. The summed E-state index contributed by atoms with van der Waals surface area (Å²) in [6, 6.07) is 7.81. The Bertz CT molecular complexity index is 739. The van der Waals surface area contributed by atoms with Crippen molar-refractivity contribution in [3.05, 3.63) is 48.2 Å². The number of benzene rings is 1. The van der Waals surface area contributed by atoms with Crippen LogP contribution in [0.4, 0.5) is 13.2 Å². The lowest BCUT2D eigenvalue weighted by Crippen LogP contribution is -2.50.